The number of hydrogen-bond donors (Lipinski definition) is 1. The van der Waals surface area contributed by atoms with E-state index >= 15 is 0 Å². The molecule has 1 N–H and O–H groups in total. The van der Waals surface area contributed by atoms with Crippen LogP contribution in [0.3, 0.4) is 0 Å². The zero-order chi connectivity index (χ0) is 20.8. The quantitative estimate of drug-likeness (QED) is 0.338. The van der Waals surface area contributed by atoms with Crippen LogP contribution in [0.15, 0.2) is 21.8 Å². The van der Waals surface area contributed by atoms with E-state index in [1.165, 1.54) is 5.56 Å². The first-order chi connectivity index (χ1) is 13.9. The summed E-state index contributed by atoms with van der Waals surface area (Å²) in [6.45, 7) is 11.6. The molecule has 8 nitrogen and oxygen atoms in total. The van der Waals surface area contributed by atoms with Crippen molar-refractivity contribution in [2.24, 2.45) is 18.0 Å². The standard InChI is InChI=1S/C21H35N7O.HI/c1-6-22-21(26(4)13-19-12-24-27(5)14-19)23-11-18-7-9-28(10-8-18)15-20-25-16(2)17(3)29-20;/h12,14,18H,6-11,13,15H2,1-5H3,(H,22,23);1H. The van der Waals surface area contributed by atoms with Crippen molar-refractivity contribution in [3.8, 4) is 0 Å². The molecule has 0 atom stereocenters. The fraction of sp³-hybridized carbons (Fsp3) is 0.667. The van der Waals surface area contributed by atoms with E-state index in [4.69, 9.17) is 9.41 Å². The van der Waals surface area contributed by atoms with Gasteiger partial charge in [0.15, 0.2) is 5.96 Å². The van der Waals surface area contributed by atoms with Gasteiger partial charge in [0.25, 0.3) is 0 Å². The zero-order valence-electron chi connectivity index (χ0n) is 18.9. The van der Waals surface area contributed by atoms with Crippen LogP contribution < -0.4 is 5.32 Å². The molecule has 0 unspecified atom stereocenters. The number of likely N-dealkylation sites (tertiary alicyclic amines) is 1. The topological polar surface area (TPSA) is 74.7 Å². The second kappa shape index (κ2) is 11.7. The molecule has 0 radical (unpaired) electrons. The number of nitrogens with one attached hydrogen (secondary N) is 1. The highest BCUT2D eigenvalue weighted by molar-refractivity contribution is 14.0. The van der Waals surface area contributed by atoms with Crippen molar-refractivity contribution in [2.45, 2.75) is 46.7 Å². The molecule has 3 heterocycles. The lowest BCUT2D eigenvalue weighted by atomic mass is 9.97. The van der Waals surface area contributed by atoms with Gasteiger partial charge >= 0.3 is 0 Å². The Hall–Kier alpha value is -1.62. The van der Waals surface area contributed by atoms with Gasteiger partial charge in [0.1, 0.15) is 5.76 Å². The number of nitrogens with zero attached hydrogens (tertiary/aromatic N) is 6. The summed E-state index contributed by atoms with van der Waals surface area (Å²) in [5, 5.41) is 7.67. The van der Waals surface area contributed by atoms with Gasteiger partial charge in [-0.1, -0.05) is 0 Å². The minimum absolute atomic E-state index is 0. The summed E-state index contributed by atoms with van der Waals surface area (Å²) in [6, 6.07) is 0. The van der Waals surface area contributed by atoms with Gasteiger partial charge in [0, 0.05) is 45.5 Å². The number of rotatable bonds is 7. The van der Waals surface area contributed by atoms with Crippen LogP contribution in [0.1, 0.15) is 42.7 Å². The number of guanidine groups is 1. The van der Waals surface area contributed by atoms with Crippen molar-refractivity contribution in [1.82, 2.24) is 29.9 Å². The SMILES string of the molecule is CCNC(=NCC1CCN(Cc2nc(C)c(C)o2)CC1)N(C)Cc1cnn(C)c1.I. The highest BCUT2D eigenvalue weighted by Gasteiger charge is 2.21. The summed E-state index contributed by atoms with van der Waals surface area (Å²) in [4.78, 5) is 14.0. The molecule has 30 heavy (non-hydrogen) atoms. The fourth-order valence-corrected chi connectivity index (χ4v) is 3.71. The monoisotopic (exact) mass is 529 g/mol. The lowest BCUT2D eigenvalue weighted by molar-refractivity contribution is 0.166. The Morgan fingerprint density at radius 1 is 1.33 bits per heavy atom. The van der Waals surface area contributed by atoms with E-state index in [9.17, 15) is 0 Å². The van der Waals surface area contributed by atoms with Crippen LogP contribution in [0.5, 0.6) is 0 Å². The highest BCUT2D eigenvalue weighted by Crippen LogP contribution is 2.20. The summed E-state index contributed by atoms with van der Waals surface area (Å²) in [5.74, 6) is 3.35. The van der Waals surface area contributed by atoms with Crippen molar-refractivity contribution < 1.29 is 4.42 Å². The van der Waals surface area contributed by atoms with E-state index < -0.39 is 0 Å². The number of oxazole rings is 1. The maximum Gasteiger partial charge on any atom is 0.208 e. The Morgan fingerprint density at radius 3 is 2.63 bits per heavy atom. The first kappa shape index (κ1) is 24.6. The smallest absolute Gasteiger partial charge is 0.208 e. The molecule has 0 saturated carbocycles. The van der Waals surface area contributed by atoms with Gasteiger partial charge in [-0.25, -0.2) is 4.98 Å². The van der Waals surface area contributed by atoms with Gasteiger partial charge in [-0.15, -0.1) is 24.0 Å². The van der Waals surface area contributed by atoms with Crippen LogP contribution >= 0.6 is 24.0 Å². The van der Waals surface area contributed by atoms with E-state index in [1.54, 1.807) is 0 Å². The highest BCUT2D eigenvalue weighted by atomic mass is 127. The maximum atomic E-state index is 5.73. The Kier molecular flexibility index (Phi) is 9.60. The summed E-state index contributed by atoms with van der Waals surface area (Å²) in [6.07, 6.45) is 6.28. The van der Waals surface area contributed by atoms with Crippen molar-refractivity contribution in [2.75, 3.05) is 33.2 Å². The molecule has 9 heteroatoms. The largest absolute Gasteiger partial charge is 0.444 e. The minimum Gasteiger partial charge on any atom is -0.444 e. The predicted molar refractivity (Wildman–Crippen MR) is 130 cm³/mol. The van der Waals surface area contributed by atoms with Crippen LogP contribution in [0, 0.1) is 19.8 Å². The van der Waals surface area contributed by atoms with Crippen molar-refractivity contribution >= 4 is 29.9 Å². The Labute approximate surface area is 197 Å². The van der Waals surface area contributed by atoms with Crippen molar-refractivity contribution in [3.63, 3.8) is 0 Å². The molecular formula is C21H36IN7O. The first-order valence-corrected chi connectivity index (χ1v) is 10.6. The number of aryl methyl sites for hydroxylation is 3. The number of halogens is 1. The summed E-state index contributed by atoms with van der Waals surface area (Å²) >= 11 is 0. The predicted octanol–water partition coefficient (Wildman–Crippen LogP) is 2.95. The van der Waals surface area contributed by atoms with Gasteiger partial charge in [-0.2, -0.15) is 5.10 Å². The summed E-state index contributed by atoms with van der Waals surface area (Å²) in [5.41, 5.74) is 2.18. The van der Waals surface area contributed by atoms with Crippen LogP contribution in [-0.4, -0.2) is 63.8 Å². The van der Waals surface area contributed by atoms with Gasteiger partial charge in [0.05, 0.1) is 18.4 Å². The molecule has 0 aliphatic carbocycles. The average molecular weight is 529 g/mol. The molecular weight excluding hydrogens is 493 g/mol. The third kappa shape index (κ3) is 6.97. The zero-order valence-corrected chi connectivity index (χ0v) is 21.2. The molecule has 0 bridgehead atoms. The fourth-order valence-electron chi connectivity index (χ4n) is 3.71. The first-order valence-electron chi connectivity index (χ1n) is 10.6. The molecule has 1 fully saturated rings. The number of aromatic nitrogens is 3. The minimum atomic E-state index is 0. The van der Waals surface area contributed by atoms with Crippen LogP contribution in [0.25, 0.3) is 0 Å². The van der Waals surface area contributed by atoms with Crippen LogP contribution in [-0.2, 0) is 20.1 Å². The van der Waals surface area contributed by atoms with E-state index in [0.717, 1.165) is 75.4 Å². The maximum absolute atomic E-state index is 5.73. The molecule has 0 amide bonds. The molecule has 1 saturated heterocycles. The van der Waals surface area contributed by atoms with Gasteiger partial charge in [-0.05, 0) is 52.6 Å². The third-order valence-corrected chi connectivity index (χ3v) is 5.51. The number of aliphatic imine (C=N–C) groups is 1. The van der Waals surface area contributed by atoms with E-state index in [1.807, 2.05) is 38.0 Å². The van der Waals surface area contributed by atoms with Crippen molar-refractivity contribution in [1.29, 1.82) is 0 Å². The second-order valence-corrected chi connectivity index (χ2v) is 8.04. The lowest BCUT2D eigenvalue weighted by Gasteiger charge is -2.30. The third-order valence-electron chi connectivity index (χ3n) is 5.51. The van der Waals surface area contributed by atoms with E-state index in [2.05, 4.69) is 39.2 Å². The molecule has 168 valence electrons. The van der Waals surface area contributed by atoms with Gasteiger partial charge in [0.2, 0.25) is 5.89 Å². The second-order valence-electron chi connectivity index (χ2n) is 8.04. The van der Waals surface area contributed by atoms with Crippen LogP contribution in [0.2, 0.25) is 0 Å². The van der Waals surface area contributed by atoms with Crippen molar-refractivity contribution in [3.05, 3.63) is 35.3 Å². The molecule has 1 aliphatic rings. The van der Waals surface area contributed by atoms with E-state index in [-0.39, 0.29) is 24.0 Å². The lowest BCUT2D eigenvalue weighted by Crippen LogP contribution is -2.39. The van der Waals surface area contributed by atoms with Crippen LogP contribution in [0.4, 0.5) is 0 Å². The summed E-state index contributed by atoms with van der Waals surface area (Å²) < 4.78 is 7.57. The Bertz CT molecular complexity index is 789. The molecule has 1 aliphatic heterocycles. The molecule has 3 rings (SSSR count). The summed E-state index contributed by atoms with van der Waals surface area (Å²) in [7, 11) is 4.02. The Morgan fingerprint density at radius 2 is 2.07 bits per heavy atom. The normalized spacial score (nSPS) is 15.8. The number of hydrogen-bond acceptors (Lipinski definition) is 5. The van der Waals surface area contributed by atoms with Gasteiger partial charge < -0.3 is 14.6 Å². The molecule has 0 aromatic carbocycles. The molecule has 0 spiro atoms. The average Bonchev–Trinajstić information content (AvgIpc) is 3.24. The number of piperidine rings is 1. The molecule has 2 aromatic rings. The van der Waals surface area contributed by atoms with E-state index in [0.29, 0.717) is 5.92 Å². The Balaban J connectivity index is 0.00000320. The van der Waals surface area contributed by atoms with Gasteiger partial charge in [-0.3, -0.25) is 14.6 Å². The molecule has 2 aromatic heterocycles.